The van der Waals surface area contributed by atoms with Gasteiger partial charge in [0.15, 0.2) is 5.78 Å². The molecule has 0 aliphatic carbocycles. The molecule has 2 aromatic heterocycles. The van der Waals surface area contributed by atoms with E-state index in [1.54, 1.807) is 7.11 Å². The maximum Gasteiger partial charge on any atom is 0.162 e. The molecule has 210 valence electrons. The molecule has 1 unspecified atom stereocenters. The molecule has 12 heteroatoms. The lowest BCUT2D eigenvalue weighted by Crippen LogP contribution is -2.10. The van der Waals surface area contributed by atoms with Gasteiger partial charge in [0.05, 0.1) is 12.4 Å². The smallest absolute Gasteiger partial charge is 0.162 e. The number of Topliss-reactive ketones (excluding diaryl/α,β-unsaturated/α-hetero) is 1. The highest BCUT2D eigenvalue weighted by molar-refractivity contribution is 9.10. The highest BCUT2D eigenvalue weighted by atomic mass is 79.9. The summed E-state index contributed by atoms with van der Waals surface area (Å²) in [6.07, 6.45) is 8.80. The SMILES string of the molecule is C1CCOC1.COCC(=O)Cc1cc(F)cnc1Br.COCCCc1cc(F)cnc1Br.[B]C1CCCO1. The highest BCUT2D eigenvalue weighted by Crippen LogP contribution is 2.16. The molecule has 2 radical (unpaired) electrons. The zero-order valence-corrected chi connectivity index (χ0v) is 25.1. The summed E-state index contributed by atoms with van der Waals surface area (Å²) < 4.78 is 46.1. The van der Waals surface area contributed by atoms with Crippen molar-refractivity contribution in [3.8, 4) is 0 Å². The number of aryl methyl sites for hydroxylation is 1. The third-order valence-electron chi connectivity index (χ3n) is 5.04. The maximum absolute atomic E-state index is 12.8. The molecule has 0 N–H and O–H groups in total. The van der Waals surface area contributed by atoms with E-state index in [0.29, 0.717) is 21.4 Å². The number of rotatable bonds is 8. The average Bonchev–Trinajstić information content (AvgIpc) is 3.62. The third kappa shape index (κ3) is 16.6. The van der Waals surface area contributed by atoms with Crippen LogP contribution in [-0.4, -0.2) is 76.9 Å². The number of hydrogen-bond donors (Lipinski definition) is 0. The second kappa shape index (κ2) is 21.5. The van der Waals surface area contributed by atoms with Crippen molar-refractivity contribution in [1.82, 2.24) is 9.97 Å². The molecule has 4 heterocycles. The topological polar surface area (TPSA) is 79.8 Å². The van der Waals surface area contributed by atoms with E-state index in [1.807, 2.05) is 0 Å². The molecule has 2 saturated heterocycles. The van der Waals surface area contributed by atoms with E-state index < -0.39 is 5.82 Å². The summed E-state index contributed by atoms with van der Waals surface area (Å²) in [5.41, 5.74) is 1.42. The van der Waals surface area contributed by atoms with E-state index in [2.05, 4.69) is 46.6 Å². The van der Waals surface area contributed by atoms with Crippen LogP contribution in [0.15, 0.2) is 33.7 Å². The highest BCUT2D eigenvalue weighted by Gasteiger charge is 2.09. The van der Waals surface area contributed by atoms with Crippen molar-refractivity contribution in [3.05, 3.63) is 56.5 Å². The van der Waals surface area contributed by atoms with Crippen molar-refractivity contribution in [2.45, 2.75) is 50.9 Å². The Morgan fingerprint density at radius 3 is 2.05 bits per heavy atom. The molecule has 0 spiro atoms. The van der Waals surface area contributed by atoms with Gasteiger partial charge in [-0.15, -0.1) is 0 Å². The van der Waals surface area contributed by atoms with Gasteiger partial charge in [0.2, 0.25) is 0 Å². The first-order valence-corrected chi connectivity index (χ1v) is 13.9. The molecule has 1 atom stereocenters. The number of methoxy groups -OCH3 is 2. The summed E-state index contributed by atoms with van der Waals surface area (Å²) >= 11 is 6.40. The zero-order valence-electron chi connectivity index (χ0n) is 21.9. The van der Waals surface area contributed by atoms with Gasteiger partial charge in [0.25, 0.3) is 0 Å². The number of pyridine rings is 2. The predicted molar refractivity (Wildman–Crippen MR) is 149 cm³/mol. The summed E-state index contributed by atoms with van der Waals surface area (Å²) in [6.45, 7) is 3.58. The number of carbonyl (C=O) groups excluding carboxylic acids is 1. The van der Waals surface area contributed by atoms with E-state index in [-0.39, 0.29) is 30.6 Å². The fourth-order valence-corrected chi connectivity index (χ4v) is 3.94. The van der Waals surface area contributed by atoms with Crippen LogP contribution in [0.1, 0.15) is 43.2 Å². The van der Waals surface area contributed by atoms with E-state index in [1.165, 1.54) is 38.3 Å². The minimum Gasteiger partial charge on any atom is -0.388 e. The van der Waals surface area contributed by atoms with E-state index >= 15 is 0 Å². The van der Waals surface area contributed by atoms with Gasteiger partial charge in [0, 0.05) is 53.1 Å². The van der Waals surface area contributed by atoms with Crippen LogP contribution >= 0.6 is 31.9 Å². The van der Waals surface area contributed by atoms with Gasteiger partial charge >= 0.3 is 0 Å². The lowest BCUT2D eigenvalue weighted by molar-refractivity contribution is -0.122. The van der Waals surface area contributed by atoms with Crippen molar-refractivity contribution in [3.63, 3.8) is 0 Å². The maximum atomic E-state index is 12.8. The number of ether oxygens (including phenoxy) is 4. The zero-order chi connectivity index (χ0) is 28.2. The molecule has 2 aliphatic rings. The summed E-state index contributed by atoms with van der Waals surface area (Å²) in [4.78, 5) is 18.8. The number of halogens is 4. The van der Waals surface area contributed by atoms with Crippen molar-refractivity contribution in [2.75, 3.05) is 47.3 Å². The summed E-state index contributed by atoms with van der Waals surface area (Å²) in [7, 11) is 8.41. The molecule has 2 aliphatic heterocycles. The van der Waals surface area contributed by atoms with Gasteiger partial charge in [-0.2, -0.15) is 0 Å². The normalized spacial score (nSPS) is 15.9. The van der Waals surface area contributed by atoms with Crippen LogP contribution in [0, 0.1) is 11.6 Å². The second-order valence-electron chi connectivity index (χ2n) is 8.32. The second-order valence-corrected chi connectivity index (χ2v) is 9.82. The molecule has 38 heavy (non-hydrogen) atoms. The Balaban J connectivity index is 0.000000274. The molecule has 7 nitrogen and oxygen atoms in total. The molecule has 0 saturated carbocycles. The first kappa shape index (κ1) is 34.7. The molecule has 4 rings (SSSR count). The standard InChI is InChI=1S/C9H9BrFNO2.C9H11BrFNO.C4H7BO.C4H8O/c1-14-5-8(13)3-6-2-7(11)4-12-9(6)10;1-13-4-2-3-7-5-8(11)6-12-9(7)10;5-4-2-1-3-6-4;1-2-4-5-3-1/h2,4H,3,5H2,1H3;5-6H,2-4H2,1H3;4H,1-3H2;1-4H2. The van der Waals surface area contributed by atoms with Crippen LogP contribution in [0.2, 0.25) is 0 Å². The molecule has 0 amide bonds. The Morgan fingerprint density at radius 2 is 1.61 bits per heavy atom. The fourth-order valence-electron chi connectivity index (χ4n) is 3.17. The van der Waals surface area contributed by atoms with Crippen LogP contribution < -0.4 is 0 Å². The van der Waals surface area contributed by atoms with Crippen molar-refractivity contribution < 1.29 is 32.5 Å². The number of nitrogens with zero attached hydrogens (tertiary/aromatic N) is 2. The Bertz CT molecular complexity index is 929. The fraction of sp³-hybridized carbons (Fsp3) is 0.577. The van der Waals surface area contributed by atoms with Gasteiger partial charge in [-0.05, 0) is 93.6 Å². The van der Waals surface area contributed by atoms with Gasteiger partial charge in [-0.1, -0.05) is 0 Å². The minimum absolute atomic E-state index is 0.0307. The Morgan fingerprint density at radius 1 is 1.00 bits per heavy atom. The number of hydrogen-bond acceptors (Lipinski definition) is 7. The molecule has 0 bridgehead atoms. The summed E-state index contributed by atoms with van der Waals surface area (Å²) in [5, 5.41) is 0. The minimum atomic E-state index is -0.451. The van der Waals surface area contributed by atoms with Crippen molar-refractivity contribution in [1.29, 1.82) is 0 Å². The van der Waals surface area contributed by atoms with Gasteiger partial charge in [0.1, 0.15) is 35.3 Å². The number of carbonyl (C=O) groups is 1. The van der Waals surface area contributed by atoms with Crippen LogP contribution in [0.5, 0.6) is 0 Å². The number of aromatic nitrogens is 2. The van der Waals surface area contributed by atoms with Crippen LogP contribution in [-0.2, 0) is 36.6 Å². The Hall–Kier alpha value is -1.31. The predicted octanol–water partition coefficient (Wildman–Crippen LogP) is 5.39. The number of ketones is 1. The van der Waals surface area contributed by atoms with Crippen LogP contribution in [0.4, 0.5) is 8.78 Å². The largest absolute Gasteiger partial charge is 0.388 e. The molecule has 2 fully saturated rings. The summed E-state index contributed by atoms with van der Waals surface area (Å²) in [6, 6.07) is 2.82. The van der Waals surface area contributed by atoms with Crippen molar-refractivity contribution >= 4 is 45.5 Å². The lowest BCUT2D eigenvalue weighted by Gasteiger charge is -2.02. The first-order valence-electron chi connectivity index (χ1n) is 12.3. The lowest BCUT2D eigenvalue weighted by atomic mass is 9.98. The van der Waals surface area contributed by atoms with E-state index in [4.69, 9.17) is 22.1 Å². The molecule has 0 aromatic carbocycles. The Kier molecular flexibility index (Phi) is 19.7. The van der Waals surface area contributed by atoms with E-state index in [0.717, 1.165) is 57.3 Å². The van der Waals surface area contributed by atoms with E-state index in [9.17, 15) is 13.6 Å². The van der Waals surface area contributed by atoms with Gasteiger partial charge in [-0.25, -0.2) is 18.7 Å². The molecular weight excluding hydrogens is 629 g/mol. The van der Waals surface area contributed by atoms with Crippen LogP contribution in [0.3, 0.4) is 0 Å². The van der Waals surface area contributed by atoms with Crippen LogP contribution in [0.25, 0.3) is 0 Å². The van der Waals surface area contributed by atoms with Gasteiger partial charge < -0.3 is 18.9 Å². The van der Waals surface area contributed by atoms with Crippen molar-refractivity contribution in [2.24, 2.45) is 0 Å². The quantitative estimate of drug-likeness (QED) is 0.213. The first-order chi connectivity index (χ1) is 18.3. The third-order valence-corrected chi connectivity index (χ3v) is 6.46. The monoisotopic (exact) mass is 662 g/mol. The summed E-state index contributed by atoms with van der Waals surface area (Å²) in [5.74, 6) is -0.857. The molecule has 2 aromatic rings. The molecular formula is C26H35BBr2F2N2O5. The average molecular weight is 664 g/mol. The van der Waals surface area contributed by atoms with Gasteiger partial charge in [-0.3, -0.25) is 4.79 Å². The Labute approximate surface area is 242 Å².